The van der Waals surface area contributed by atoms with Crippen LogP contribution in [-0.4, -0.2) is 25.9 Å². The first-order valence-electron chi connectivity index (χ1n) is 5.51. The molecule has 0 aliphatic rings. The minimum absolute atomic E-state index is 0.160. The summed E-state index contributed by atoms with van der Waals surface area (Å²) in [5.41, 5.74) is 0.243. The molecule has 0 spiro atoms. The van der Waals surface area contributed by atoms with Crippen molar-refractivity contribution in [1.29, 1.82) is 0 Å². The second-order valence-corrected chi connectivity index (χ2v) is 4.31. The van der Waals surface area contributed by atoms with Gasteiger partial charge >= 0.3 is 0 Å². The van der Waals surface area contributed by atoms with E-state index < -0.39 is 0 Å². The van der Waals surface area contributed by atoms with Crippen molar-refractivity contribution in [2.24, 2.45) is 14.1 Å². The lowest BCUT2D eigenvalue weighted by Gasteiger charge is -2.08. The zero-order chi connectivity index (χ0) is 13.1. The Morgan fingerprint density at radius 2 is 2.22 bits per heavy atom. The van der Waals surface area contributed by atoms with Gasteiger partial charge in [0, 0.05) is 39.5 Å². The van der Waals surface area contributed by atoms with Gasteiger partial charge in [-0.3, -0.25) is 4.79 Å². The largest absolute Gasteiger partial charge is 0.382 e. The van der Waals surface area contributed by atoms with Crippen LogP contribution < -0.4 is 10.9 Å². The highest BCUT2D eigenvalue weighted by Gasteiger charge is 2.07. The Labute approximate surface area is 109 Å². The molecule has 0 unspecified atom stereocenters. The van der Waals surface area contributed by atoms with E-state index in [-0.39, 0.29) is 10.6 Å². The van der Waals surface area contributed by atoms with Gasteiger partial charge in [-0.1, -0.05) is 11.6 Å². The fraction of sp³-hybridized carbons (Fsp3) is 0.364. The standard InChI is InChI=1S/C11H14ClN5O/c1-16-6-5-14-9(16)3-4-13-8-7-15-17(2)11(18)10(8)12/h5-7,13H,3-4H2,1-2H3. The Morgan fingerprint density at radius 3 is 2.89 bits per heavy atom. The van der Waals surface area contributed by atoms with E-state index in [2.05, 4.69) is 15.4 Å². The van der Waals surface area contributed by atoms with Crippen LogP contribution in [0.2, 0.25) is 5.02 Å². The van der Waals surface area contributed by atoms with E-state index in [0.717, 1.165) is 12.2 Å². The SMILES string of the molecule is Cn1ccnc1CCNc1cnn(C)c(=O)c1Cl. The summed E-state index contributed by atoms with van der Waals surface area (Å²) in [6.07, 6.45) is 5.93. The minimum atomic E-state index is -0.307. The normalized spacial score (nSPS) is 10.6. The highest BCUT2D eigenvalue weighted by atomic mass is 35.5. The average molecular weight is 268 g/mol. The molecular weight excluding hydrogens is 254 g/mol. The summed E-state index contributed by atoms with van der Waals surface area (Å²) in [4.78, 5) is 15.8. The van der Waals surface area contributed by atoms with Crippen LogP contribution in [0.25, 0.3) is 0 Å². The number of aromatic nitrogens is 4. The third-order valence-electron chi connectivity index (χ3n) is 2.66. The number of hydrogen-bond donors (Lipinski definition) is 1. The van der Waals surface area contributed by atoms with Crippen molar-refractivity contribution < 1.29 is 0 Å². The highest BCUT2D eigenvalue weighted by Crippen LogP contribution is 2.14. The molecule has 2 heterocycles. The predicted octanol–water partition coefficient (Wildman–Crippen LogP) is 0.822. The molecule has 0 radical (unpaired) electrons. The topological polar surface area (TPSA) is 64.7 Å². The number of rotatable bonds is 4. The van der Waals surface area contributed by atoms with E-state index in [9.17, 15) is 4.79 Å². The van der Waals surface area contributed by atoms with Crippen molar-refractivity contribution >= 4 is 17.3 Å². The molecule has 1 N–H and O–H groups in total. The van der Waals surface area contributed by atoms with Gasteiger partial charge in [-0.15, -0.1) is 0 Å². The van der Waals surface area contributed by atoms with Crippen LogP contribution in [0.1, 0.15) is 5.82 Å². The van der Waals surface area contributed by atoms with Gasteiger partial charge in [0.1, 0.15) is 10.8 Å². The lowest BCUT2D eigenvalue weighted by atomic mass is 10.3. The zero-order valence-corrected chi connectivity index (χ0v) is 11.0. The molecule has 0 saturated carbocycles. The van der Waals surface area contributed by atoms with Gasteiger partial charge in [0.05, 0.1) is 11.9 Å². The molecule has 0 bridgehead atoms. The molecule has 0 amide bonds. The van der Waals surface area contributed by atoms with Crippen molar-refractivity contribution in [3.8, 4) is 0 Å². The summed E-state index contributed by atoms with van der Waals surface area (Å²) in [7, 11) is 3.50. The number of nitrogens with one attached hydrogen (secondary N) is 1. The maximum atomic E-state index is 11.5. The van der Waals surface area contributed by atoms with Crippen LogP contribution in [0, 0.1) is 0 Å². The lowest BCUT2D eigenvalue weighted by molar-refractivity contribution is 0.707. The fourth-order valence-corrected chi connectivity index (χ4v) is 1.82. The Kier molecular flexibility index (Phi) is 3.66. The maximum Gasteiger partial charge on any atom is 0.287 e. The Hall–Kier alpha value is -1.82. The molecule has 7 heteroatoms. The number of halogens is 1. The third kappa shape index (κ3) is 2.53. The van der Waals surface area contributed by atoms with Gasteiger partial charge in [0.2, 0.25) is 0 Å². The molecule has 0 fully saturated rings. The molecule has 2 aromatic rings. The van der Waals surface area contributed by atoms with E-state index in [1.54, 1.807) is 19.4 Å². The molecule has 2 rings (SSSR count). The van der Waals surface area contributed by atoms with E-state index in [4.69, 9.17) is 11.6 Å². The van der Waals surface area contributed by atoms with Crippen molar-refractivity contribution in [3.05, 3.63) is 39.8 Å². The van der Waals surface area contributed by atoms with E-state index >= 15 is 0 Å². The summed E-state index contributed by atoms with van der Waals surface area (Å²) in [5.74, 6) is 0.968. The Morgan fingerprint density at radius 1 is 1.44 bits per heavy atom. The summed E-state index contributed by atoms with van der Waals surface area (Å²) in [5, 5.41) is 7.15. The first kappa shape index (κ1) is 12.6. The number of hydrogen-bond acceptors (Lipinski definition) is 4. The maximum absolute atomic E-state index is 11.5. The van der Waals surface area contributed by atoms with Crippen molar-refractivity contribution in [1.82, 2.24) is 19.3 Å². The molecule has 0 aromatic carbocycles. The van der Waals surface area contributed by atoms with Gasteiger partial charge in [-0.2, -0.15) is 5.10 Å². The number of aryl methyl sites for hydroxylation is 2. The number of nitrogens with zero attached hydrogens (tertiary/aromatic N) is 4. The first-order valence-corrected chi connectivity index (χ1v) is 5.89. The second-order valence-electron chi connectivity index (χ2n) is 3.93. The molecule has 96 valence electrons. The quantitative estimate of drug-likeness (QED) is 0.891. The number of imidazole rings is 1. The molecule has 18 heavy (non-hydrogen) atoms. The summed E-state index contributed by atoms with van der Waals surface area (Å²) >= 11 is 5.93. The first-order chi connectivity index (χ1) is 8.59. The van der Waals surface area contributed by atoms with Gasteiger partial charge in [0.25, 0.3) is 5.56 Å². The monoisotopic (exact) mass is 267 g/mol. The summed E-state index contributed by atoms with van der Waals surface area (Å²) < 4.78 is 3.15. The van der Waals surface area contributed by atoms with Crippen LogP contribution in [0.15, 0.2) is 23.4 Å². The molecular formula is C11H14ClN5O. The summed E-state index contributed by atoms with van der Waals surface area (Å²) in [6.45, 7) is 0.638. The van der Waals surface area contributed by atoms with Gasteiger partial charge in [-0.25, -0.2) is 9.67 Å². The fourth-order valence-electron chi connectivity index (χ4n) is 1.58. The Bertz CT molecular complexity index is 604. The van der Waals surface area contributed by atoms with Crippen LogP contribution in [0.3, 0.4) is 0 Å². The Balaban J connectivity index is 2.01. The van der Waals surface area contributed by atoms with E-state index in [1.807, 2.05) is 17.8 Å². The molecule has 0 aliphatic carbocycles. The highest BCUT2D eigenvalue weighted by molar-refractivity contribution is 6.32. The van der Waals surface area contributed by atoms with Crippen LogP contribution in [0.4, 0.5) is 5.69 Å². The molecule has 6 nitrogen and oxygen atoms in total. The predicted molar refractivity (Wildman–Crippen MR) is 69.9 cm³/mol. The molecule has 0 aliphatic heterocycles. The average Bonchev–Trinajstić information content (AvgIpc) is 2.75. The minimum Gasteiger partial charge on any atom is -0.382 e. The molecule has 0 saturated heterocycles. The van der Waals surface area contributed by atoms with Crippen molar-refractivity contribution in [2.75, 3.05) is 11.9 Å². The van der Waals surface area contributed by atoms with Gasteiger partial charge in [0.15, 0.2) is 0 Å². The van der Waals surface area contributed by atoms with E-state index in [1.165, 1.54) is 4.68 Å². The lowest BCUT2D eigenvalue weighted by Crippen LogP contribution is -2.21. The van der Waals surface area contributed by atoms with Gasteiger partial charge in [-0.05, 0) is 0 Å². The second kappa shape index (κ2) is 5.22. The van der Waals surface area contributed by atoms with Crippen molar-refractivity contribution in [3.63, 3.8) is 0 Å². The number of anilines is 1. The zero-order valence-electron chi connectivity index (χ0n) is 10.2. The van der Waals surface area contributed by atoms with Crippen LogP contribution >= 0.6 is 11.6 Å². The molecule has 0 atom stereocenters. The molecule has 2 aromatic heterocycles. The smallest absolute Gasteiger partial charge is 0.287 e. The van der Waals surface area contributed by atoms with Crippen LogP contribution in [0.5, 0.6) is 0 Å². The summed E-state index contributed by atoms with van der Waals surface area (Å²) in [6, 6.07) is 0. The van der Waals surface area contributed by atoms with Gasteiger partial charge < -0.3 is 9.88 Å². The van der Waals surface area contributed by atoms with E-state index in [0.29, 0.717) is 12.2 Å². The van der Waals surface area contributed by atoms with Crippen molar-refractivity contribution in [2.45, 2.75) is 6.42 Å². The van der Waals surface area contributed by atoms with Crippen LogP contribution in [-0.2, 0) is 20.5 Å². The third-order valence-corrected chi connectivity index (χ3v) is 3.03.